The first-order chi connectivity index (χ1) is 15.0. The predicted octanol–water partition coefficient (Wildman–Crippen LogP) is 5.34. The summed E-state index contributed by atoms with van der Waals surface area (Å²) in [5.41, 5.74) is 3.78. The third-order valence-corrected chi connectivity index (χ3v) is 4.94. The standard InChI is InChI=1S/C25H29N5O/c1-5-30(6-2)24-17-23(26-19(4)27-24)28-21-12-14-22(15-13-21)29-25(31)16-11-20-10-8-7-9-18(20)3/h7-17H,5-6H2,1-4H3,(H,29,31)(H,26,27,28)/b16-11+. The largest absolute Gasteiger partial charge is 0.357 e. The van der Waals surface area contributed by atoms with Crippen LogP contribution in [-0.4, -0.2) is 29.0 Å². The van der Waals surface area contributed by atoms with Gasteiger partial charge < -0.3 is 15.5 Å². The van der Waals surface area contributed by atoms with Crippen LogP contribution in [0.5, 0.6) is 0 Å². The Labute approximate surface area is 184 Å². The van der Waals surface area contributed by atoms with Crippen molar-refractivity contribution in [3.63, 3.8) is 0 Å². The Morgan fingerprint density at radius 3 is 2.32 bits per heavy atom. The molecule has 2 N–H and O–H groups in total. The number of aryl methyl sites for hydroxylation is 2. The number of hydrogen-bond acceptors (Lipinski definition) is 5. The van der Waals surface area contributed by atoms with Crippen molar-refractivity contribution in [1.29, 1.82) is 0 Å². The van der Waals surface area contributed by atoms with Crippen molar-refractivity contribution >= 4 is 35.0 Å². The van der Waals surface area contributed by atoms with E-state index in [1.807, 2.05) is 74.5 Å². The molecule has 0 bridgehead atoms. The van der Waals surface area contributed by atoms with Crippen molar-refractivity contribution in [3.8, 4) is 0 Å². The van der Waals surface area contributed by atoms with Gasteiger partial charge in [0.15, 0.2) is 0 Å². The quantitative estimate of drug-likeness (QED) is 0.486. The first-order valence-corrected chi connectivity index (χ1v) is 10.5. The van der Waals surface area contributed by atoms with Crippen molar-refractivity contribution in [3.05, 3.63) is 77.6 Å². The summed E-state index contributed by atoms with van der Waals surface area (Å²) >= 11 is 0. The molecule has 1 aromatic heterocycles. The highest BCUT2D eigenvalue weighted by atomic mass is 16.1. The minimum absolute atomic E-state index is 0.167. The first kappa shape index (κ1) is 22.0. The van der Waals surface area contributed by atoms with E-state index in [0.717, 1.165) is 53.1 Å². The van der Waals surface area contributed by atoms with Crippen LogP contribution in [0.4, 0.5) is 23.0 Å². The SMILES string of the molecule is CCN(CC)c1cc(Nc2ccc(NC(=O)/C=C/c3ccccc3C)cc2)nc(C)n1. The Morgan fingerprint density at radius 1 is 0.968 bits per heavy atom. The molecular weight excluding hydrogens is 386 g/mol. The Hall–Kier alpha value is -3.67. The van der Waals surface area contributed by atoms with Gasteiger partial charge in [-0.2, -0.15) is 0 Å². The summed E-state index contributed by atoms with van der Waals surface area (Å²) in [7, 11) is 0. The van der Waals surface area contributed by atoms with Crippen LogP contribution in [0, 0.1) is 13.8 Å². The van der Waals surface area contributed by atoms with Crippen molar-refractivity contribution in [1.82, 2.24) is 9.97 Å². The molecule has 0 unspecified atom stereocenters. The second-order valence-corrected chi connectivity index (χ2v) is 7.21. The van der Waals surface area contributed by atoms with Crippen LogP contribution in [0.1, 0.15) is 30.8 Å². The van der Waals surface area contributed by atoms with E-state index in [4.69, 9.17) is 0 Å². The molecule has 0 fully saturated rings. The summed E-state index contributed by atoms with van der Waals surface area (Å²) in [6, 6.07) is 17.4. The fourth-order valence-corrected chi connectivity index (χ4v) is 3.23. The van der Waals surface area contributed by atoms with Crippen LogP contribution < -0.4 is 15.5 Å². The van der Waals surface area contributed by atoms with Crippen LogP contribution in [0.3, 0.4) is 0 Å². The number of rotatable bonds is 8. The molecule has 160 valence electrons. The lowest BCUT2D eigenvalue weighted by Crippen LogP contribution is -2.23. The number of nitrogens with zero attached hydrogens (tertiary/aromatic N) is 3. The van der Waals surface area contributed by atoms with Crippen LogP contribution in [-0.2, 0) is 4.79 Å². The number of benzene rings is 2. The highest BCUT2D eigenvalue weighted by Crippen LogP contribution is 2.21. The molecule has 0 aliphatic carbocycles. The highest BCUT2D eigenvalue weighted by molar-refractivity contribution is 6.02. The topological polar surface area (TPSA) is 70.2 Å². The molecule has 6 nitrogen and oxygen atoms in total. The maximum absolute atomic E-state index is 12.2. The van der Waals surface area contributed by atoms with Crippen molar-refractivity contribution in [2.45, 2.75) is 27.7 Å². The van der Waals surface area contributed by atoms with E-state index < -0.39 is 0 Å². The van der Waals surface area contributed by atoms with Gasteiger partial charge in [-0.25, -0.2) is 9.97 Å². The van der Waals surface area contributed by atoms with E-state index in [-0.39, 0.29) is 5.91 Å². The number of hydrogen-bond donors (Lipinski definition) is 2. The number of amides is 1. The third kappa shape index (κ3) is 6.15. The van der Waals surface area contributed by atoms with E-state index in [2.05, 4.69) is 39.3 Å². The lowest BCUT2D eigenvalue weighted by molar-refractivity contribution is -0.111. The zero-order valence-electron chi connectivity index (χ0n) is 18.5. The number of aromatic nitrogens is 2. The molecule has 0 radical (unpaired) electrons. The van der Waals surface area contributed by atoms with Gasteiger partial charge in [0.05, 0.1) is 0 Å². The maximum atomic E-state index is 12.2. The third-order valence-electron chi connectivity index (χ3n) is 4.94. The Bertz CT molecular complexity index is 1060. The van der Waals surface area contributed by atoms with Gasteiger partial charge in [0.1, 0.15) is 17.5 Å². The van der Waals surface area contributed by atoms with Crippen molar-refractivity contribution in [2.75, 3.05) is 28.6 Å². The van der Waals surface area contributed by atoms with Gasteiger partial charge in [0.2, 0.25) is 5.91 Å². The van der Waals surface area contributed by atoms with Gasteiger partial charge in [-0.05, 0) is 69.2 Å². The second-order valence-electron chi connectivity index (χ2n) is 7.21. The fourth-order valence-electron chi connectivity index (χ4n) is 3.23. The van der Waals surface area contributed by atoms with E-state index in [9.17, 15) is 4.79 Å². The zero-order valence-corrected chi connectivity index (χ0v) is 18.5. The highest BCUT2D eigenvalue weighted by Gasteiger charge is 2.08. The summed E-state index contributed by atoms with van der Waals surface area (Å²) in [6.07, 6.45) is 3.37. The zero-order chi connectivity index (χ0) is 22.2. The fraction of sp³-hybridized carbons (Fsp3) is 0.240. The normalized spacial score (nSPS) is 10.8. The molecule has 0 spiro atoms. The molecule has 0 atom stereocenters. The number of carbonyl (C=O) groups excluding carboxylic acids is 1. The number of carbonyl (C=O) groups is 1. The van der Waals surface area contributed by atoms with E-state index in [1.165, 1.54) is 0 Å². The molecule has 0 aliphatic heterocycles. The molecule has 0 saturated heterocycles. The summed E-state index contributed by atoms with van der Waals surface area (Å²) in [6.45, 7) is 9.90. The molecule has 1 amide bonds. The molecule has 2 aromatic carbocycles. The van der Waals surface area contributed by atoms with Gasteiger partial charge in [-0.1, -0.05) is 24.3 Å². The summed E-state index contributed by atoms with van der Waals surface area (Å²) < 4.78 is 0. The predicted molar refractivity (Wildman–Crippen MR) is 129 cm³/mol. The van der Waals surface area contributed by atoms with E-state index in [1.54, 1.807) is 6.08 Å². The van der Waals surface area contributed by atoms with Crippen molar-refractivity contribution < 1.29 is 4.79 Å². The number of nitrogens with one attached hydrogen (secondary N) is 2. The molecule has 0 aliphatic rings. The molecule has 31 heavy (non-hydrogen) atoms. The van der Waals surface area contributed by atoms with Gasteiger partial charge >= 0.3 is 0 Å². The molecule has 3 aromatic rings. The summed E-state index contributed by atoms with van der Waals surface area (Å²) in [5, 5.41) is 6.20. The van der Waals surface area contributed by atoms with Gasteiger partial charge in [0, 0.05) is 36.6 Å². The van der Waals surface area contributed by atoms with Crippen molar-refractivity contribution in [2.24, 2.45) is 0 Å². The van der Waals surface area contributed by atoms with Gasteiger partial charge in [-0.3, -0.25) is 4.79 Å². The maximum Gasteiger partial charge on any atom is 0.248 e. The minimum atomic E-state index is -0.167. The van der Waals surface area contributed by atoms with Gasteiger partial charge in [0.25, 0.3) is 0 Å². The van der Waals surface area contributed by atoms with Crippen LogP contribution in [0.15, 0.2) is 60.7 Å². The molecule has 6 heteroatoms. The molecule has 1 heterocycles. The molecule has 0 saturated carbocycles. The van der Waals surface area contributed by atoms with Crippen LogP contribution >= 0.6 is 0 Å². The van der Waals surface area contributed by atoms with Crippen LogP contribution in [0.2, 0.25) is 0 Å². The summed E-state index contributed by atoms with van der Waals surface area (Å²) in [4.78, 5) is 23.4. The monoisotopic (exact) mass is 415 g/mol. The molecule has 3 rings (SSSR count). The number of anilines is 4. The van der Waals surface area contributed by atoms with E-state index in [0.29, 0.717) is 0 Å². The second kappa shape index (κ2) is 10.4. The van der Waals surface area contributed by atoms with Gasteiger partial charge in [-0.15, -0.1) is 0 Å². The smallest absolute Gasteiger partial charge is 0.248 e. The first-order valence-electron chi connectivity index (χ1n) is 10.5. The lowest BCUT2D eigenvalue weighted by atomic mass is 10.1. The Kier molecular flexibility index (Phi) is 7.38. The lowest BCUT2D eigenvalue weighted by Gasteiger charge is -2.20. The average molecular weight is 416 g/mol. The molecular formula is C25H29N5O. The Morgan fingerprint density at radius 2 is 1.65 bits per heavy atom. The minimum Gasteiger partial charge on any atom is -0.357 e. The van der Waals surface area contributed by atoms with Crippen LogP contribution in [0.25, 0.3) is 6.08 Å². The van der Waals surface area contributed by atoms with E-state index >= 15 is 0 Å². The Balaban J connectivity index is 1.64. The summed E-state index contributed by atoms with van der Waals surface area (Å²) in [5.74, 6) is 2.20. The average Bonchev–Trinajstić information content (AvgIpc) is 2.75.